The number of allylic oxidation sites excluding steroid dienone is 1. The number of carbonyl (C=O) groups is 1. The first-order valence-electron chi connectivity index (χ1n) is 11.2. The predicted molar refractivity (Wildman–Crippen MR) is 131 cm³/mol. The summed E-state index contributed by atoms with van der Waals surface area (Å²) in [5, 5.41) is 10.2. The zero-order chi connectivity index (χ0) is 24.2. The maximum atomic E-state index is 13.7. The Kier molecular flexibility index (Phi) is 6.98. The van der Waals surface area contributed by atoms with Crippen LogP contribution in [0.25, 0.3) is 6.08 Å². The molecule has 2 heterocycles. The third-order valence-corrected chi connectivity index (χ3v) is 6.40. The predicted octanol–water partition coefficient (Wildman–Crippen LogP) is 3.29. The smallest absolute Gasteiger partial charge is 0.338 e. The van der Waals surface area contributed by atoms with Crippen molar-refractivity contribution >= 4 is 23.4 Å². The van der Waals surface area contributed by atoms with Crippen LogP contribution in [0.2, 0.25) is 0 Å². The second-order valence-electron chi connectivity index (χ2n) is 7.75. The largest absolute Gasteiger partial charge is 0.507 e. The van der Waals surface area contributed by atoms with Crippen molar-refractivity contribution in [2.45, 2.75) is 33.2 Å². The molecule has 3 aromatic rings. The minimum absolute atomic E-state index is 0.0755. The molecule has 1 atom stereocenters. The van der Waals surface area contributed by atoms with Crippen LogP contribution < -0.4 is 19.6 Å². The number of para-hydroxylation sites is 2. The first kappa shape index (κ1) is 23.5. The molecule has 0 unspecified atom stereocenters. The van der Waals surface area contributed by atoms with Gasteiger partial charge in [-0.3, -0.25) is 9.36 Å². The number of thiazole rings is 1. The monoisotopic (exact) mass is 478 g/mol. The van der Waals surface area contributed by atoms with Crippen molar-refractivity contribution in [2.75, 3.05) is 13.2 Å². The van der Waals surface area contributed by atoms with E-state index in [0.29, 0.717) is 44.1 Å². The summed E-state index contributed by atoms with van der Waals surface area (Å²) in [6, 6.07) is 13.4. The van der Waals surface area contributed by atoms with Crippen molar-refractivity contribution < 1.29 is 19.4 Å². The van der Waals surface area contributed by atoms with Crippen molar-refractivity contribution in [2.24, 2.45) is 4.99 Å². The number of rotatable bonds is 7. The first-order chi connectivity index (χ1) is 16.5. The average molecular weight is 479 g/mol. The standard InChI is InChI=1S/C26H26N2O5S/c1-4-14-33-20-13-9-7-11-18(20)23-22(25(31)32-5-2)16(3)27-26-28(23)24(30)21(34-26)15-17-10-6-8-12-19(17)29/h6-13,15,23,29H,4-5,14H2,1-3H3/b21-15-/t23-/m0/s1. The van der Waals surface area contributed by atoms with Crippen LogP contribution >= 0.6 is 11.3 Å². The van der Waals surface area contributed by atoms with Gasteiger partial charge in [-0.05, 0) is 38.5 Å². The molecule has 34 heavy (non-hydrogen) atoms. The van der Waals surface area contributed by atoms with E-state index >= 15 is 0 Å². The zero-order valence-corrected chi connectivity index (χ0v) is 20.1. The molecule has 0 spiro atoms. The lowest BCUT2D eigenvalue weighted by Crippen LogP contribution is -2.40. The lowest BCUT2D eigenvalue weighted by atomic mass is 9.95. The summed E-state index contributed by atoms with van der Waals surface area (Å²) in [6.45, 7) is 6.20. The second-order valence-corrected chi connectivity index (χ2v) is 8.76. The second kappa shape index (κ2) is 10.1. The summed E-state index contributed by atoms with van der Waals surface area (Å²) in [7, 11) is 0. The van der Waals surface area contributed by atoms with Crippen LogP contribution in [0, 0.1) is 0 Å². The highest BCUT2D eigenvalue weighted by Crippen LogP contribution is 2.35. The maximum Gasteiger partial charge on any atom is 0.338 e. The molecule has 2 aromatic carbocycles. The molecule has 0 fully saturated rings. The van der Waals surface area contributed by atoms with Crippen molar-refractivity contribution in [3.63, 3.8) is 0 Å². The van der Waals surface area contributed by atoms with Gasteiger partial charge in [0.25, 0.3) is 5.56 Å². The maximum absolute atomic E-state index is 13.7. The van der Waals surface area contributed by atoms with Crippen LogP contribution in [-0.2, 0) is 9.53 Å². The van der Waals surface area contributed by atoms with Gasteiger partial charge in [0.1, 0.15) is 17.5 Å². The van der Waals surface area contributed by atoms with Crippen molar-refractivity contribution in [3.8, 4) is 11.5 Å². The van der Waals surface area contributed by atoms with E-state index in [1.165, 1.54) is 15.9 Å². The number of ether oxygens (including phenoxy) is 2. The Bertz CT molecular complexity index is 1430. The summed E-state index contributed by atoms with van der Waals surface area (Å²) in [5.74, 6) is 0.154. The fourth-order valence-corrected chi connectivity index (χ4v) is 4.92. The SMILES string of the molecule is CCCOc1ccccc1[C@H]1C(C(=O)OCC)=C(C)N=c2s/c(=C\c3ccccc3O)c(=O)n21. The fraction of sp³-hybridized carbons (Fsp3) is 0.269. The van der Waals surface area contributed by atoms with Gasteiger partial charge in [-0.2, -0.15) is 0 Å². The van der Waals surface area contributed by atoms with Crippen molar-refractivity contribution in [1.29, 1.82) is 0 Å². The zero-order valence-electron chi connectivity index (χ0n) is 19.3. The number of carbonyl (C=O) groups excluding carboxylic acids is 1. The number of benzene rings is 2. The summed E-state index contributed by atoms with van der Waals surface area (Å²) in [4.78, 5) is 31.7. The number of hydrogen-bond acceptors (Lipinski definition) is 7. The van der Waals surface area contributed by atoms with Gasteiger partial charge in [0.2, 0.25) is 0 Å². The quantitative estimate of drug-likeness (QED) is 0.527. The number of nitrogens with zero attached hydrogens (tertiary/aromatic N) is 2. The van der Waals surface area contributed by atoms with Crippen LogP contribution in [0.4, 0.5) is 0 Å². The molecule has 176 valence electrons. The van der Waals surface area contributed by atoms with Gasteiger partial charge in [-0.25, -0.2) is 9.79 Å². The van der Waals surface area contributed by atoms with Gasteiger partial charge in [-0.15, -0.1) is 0 Å². The lowest BCUT2D eigenvalue weighted by Gasteiger charge is -2.26. The molecule has 1 N–H and O–H groups in total. The van der Waals surface area contributed by atoms with E-state index in [9.17, 15) is 14.7 Å². The lowest BCUT2D eigenvalue weighted by molar-refractivity contribution is -0.139. The Morgan fingerprint density at radius 3 is 2.65 bits per heavy atom. The molecule has 4 rings (SSSR count). The third-order valence-electron chi connectivity index (χ3n) is 5.42. The van der Waals surface area contributed by atoms with Crippen molar-refractivity contribution in [3.05, 3.63) is 90.6 Å². The number of esters is 1. The molecule has 0 bridgehead atoms. The van der Waals surface area contributed by atoms with E-state index in [1.807, 2.05) is 31.2 Å². The highest BCUT2D eigenvalue weighted by molar-refractivity contribution is 7.07. The van der Waals surface area contributed by atoms with Crippen LogP contribution in [0.5, 0.6) is 11.5 Å². The molecule has 0 amide bonds. The molecular formula is C26H26N2O5S. The van der Waals surface area contributed by atoms with Gasteiger partial charge in [0, 0.05) is 11.1 Å². The third kappa shape index (κ3) is 4.41. The fourth-order valence-electron chi connectivity index (χ4n) is 3.89. The van der Waals surface area contributed by atoms with Crippen LogP contribution in [0.1, 0.15) is 44.4 Å². The number of fused-ring (bicyclic) bond motifs is 1. The number of hydrogen-bond donors (Lipinski definition) is 1. The average Bonchev–Trinajstić information content (AvgIpc) is 3.13. The van der Waals surface area contributed by atoms with Gasteiger partial charge in [-0.1, -0.05) is 54.7 Å². The summed E-state index contributed by atoms with van der Waals surface area (Å²) in [5.41, 5.74) is 1.69. The Balaban J connectivity index is 1.98. The van der Waals surface area contributed by atoms with E-state index < -0.39 is 12.0 Å². The number of aromatic hydroxyl groups is 1. The van der Waals surface area contributed by atoms with Gasteiger partial charge in [0.05, 0.1) is 29.0 Å². The number of aromatic nitrogens is 1. The molecule has 0 radical (unpaired) electrons. The molecule has 8 heteroatoms. The number of phenols is 1. The summed E-state index contributed by atoms with van der Waals surface area (Å²) < 4.78 is 13.2. The Labute approximate surface area is 200 Å². The molecular weight excluding hydrogens is 452 g/mol. The molecule has 0 saturated carbocycles. The highest BCUT2D eigenvalue weighted by Gasteiger charge is 2.35. The molecule has 1 aliphatic rings. The first-order valence-corrected chi connectivity index (χ1v) is 12.0. The van der Waals surface area contributed by atoms with E-state index in [2.05, 4.69) is 4.99 Å². The molecule has 0 saturated heterocycles. The van der Waals surface area contributed by atoms with Crippen molar-refractivity contribution in [1.82, 2.24) is 4.57 Å². The van der Waals surface area contributed by atoms with Gasteiger partial charge < -0.3 is 14.6 Å². The van der Waals surface area contributed by atoms with Crippen LogP contribution in [-0.4, -0.2) is 28.9 Å². The van der Waals surface area contributed by atoms with Gasteiger partial charge >= 0.3 is 5.97 Å². The summed E-state index contributed by atoms with van der Waals surface area (Å²) in [6.07, 6.45) is 2.45. The van der Waals surface area contributed by atoms with Crippen LogP contribution in [0.15, 0.2) is 69.6 Å². The van der Waals surface area contributed by atoms with E-state index in [0.717, 1.165) is 6.42 Å². The summed E-state index contributed by atoms with van der Waals surface area (Å²) >= 11 is 1.21. The molecule has 7 nitrogen and oxygen atoms in total. The van der Waals surface area contributed by atoms with E-state index in [4.69, 9.17) is 9.47 Å². The normalized spacial score (nSPS) is 15.6. The highest BCUT2D eigenvalue weighted by atomic mass is 32.1. The minimum atomic E-state index is -0.755. The Morgan fingerprint density at radius 2 is 1.91 bits per heavy atom. The van der Waals surface area contributed by atoms with E-state index in [1.54, 1.807) is 44.2 Å². The topological polar surface area (TPSA) is 90.1 Å². The Morgan fingerprint density at radius 1 is 1.18 bits per heavy atom. The minimum Gasteiger partial charge on any atom is -0.507 e. The molecule has 1 aromatic heterocycles. The number of phenolic OH excluding ortho intramolecular Hbond substituents is 1. The van der Waals surface area contributed by atoms with Gasteiger partial charge in [0.15, 0.2) is 4.80 Å². The Hall–Kier alpha value is -3.65. The van der Waals surface area contributed by atoms with Crippen LogP contribution in [0.3, 0.4) is 0 Å². The van der Waals surface area contributed by atoms with E-state index in [-0.39, 0.29) is 17.9 Å². The molecule has 1 aliphatic heterocycles. The molecule has 0 aliphatic carbocycles.